The summed E-state index contributed by atoms with van der Waals surface area (Å²) in [7, 11) is 3.22. The first-order valence-corrected chi connectivity index (χ1v) is 8.29. The van der Waals surface area contributed by atoms with Gasteiger partial charge in [-0.2, -0.15) is 5.10 Å². The summed E-state index contributed by atoms with van der Waals surface area (Å²) in [5, 5.41) is 4.35. The van der Waals surface area contributed by atoms with E-state index in [1.807, 2.05) is 48.5 Å². The quantitative estimate of drug-likeness (QED) is 0.540. The molecule has 0 saturated heterocycles. The van der Waals surface area contributed by atoms with Gasteiger partial charge in [0, 0.05) is 17.3 Å². The average molecular weight is 361 g/mol. The number of benzene rings is 2. The van der Waals surface area contributed by atoms with Gasteiger partial charge in [-0.25, -0.2) is 5.43 Å². The molecular weight excluding hydrogens is 342 g/mol. The van der Waals surface area contributed by atoms with E-state index in [9.17, 15) is 4.79 Å². The number of pyridine rings is 1. The second-order valence-electron chi connectivity index (χ2n) is 5.57. The zero-order chi connectivity index (χ0) is 19.1. The molecule has 1 heterocycles. The van der Waals surface area contributed by atoms with Gasteiger partial charge < -0.3 is 9.47 Å². The zero-order valence-corrected chi connectivity index (χ0v) is 15.0. The largest absolute Gasteiger partial charge is 0.497 e. The summed E-state index contributed by atoms with van der Waals surface area (Å²) in [5.41, 5.74) is 5.16. The summed E-state index contributed by atoms with van der Waals surface area (Å²) >= 11 is 0. The summed E-state index contributed by atoms with van der Waals surface area (Å²) in [5.74, 6) is 1.10. The molecule has 0 aliphatic carbocycles. The molecule has 1 amide bonds. The van der Waals surface area contributed by atoms with E-state index in [1.54, 1.807) is 38.6 Å². The number of methoxy groups -OCH3 is 2. The topological polar surface area (TPSA) is 72.8 Å². The summed E-state index contributed by atoms with van der Waals surface area (Å²) in [6.45, 7) is 0. The summed E-state index contributed by atoms with van der Waals surface area (Å²) < 4.78 is 10.4. The van der Waals surface area contributed by atoms with Crippen molar-refractivity contribution in [2.45, 2.75) is 0 Å². The first kappa shape index (κ1) is 18.1. The molecule has 1 aromatic heterocycles. The number of rotatable bonds is 6. The SMILES string of the molecule is COc1ccc(C(=NNC(=O)c2ccccn2)c2ccc(OC)cc2)cc1. The van der Waals surface area contributed by atoms with Crippen LogP contribution in [-0.4, -0.2) is 30.8 Å². The van der Waals surface area contributed by atoms with Crippen molar-refractivity contribution in [3.63, 3.8) is 0 Å². The van der Waals surface area contributed by atoms with Crippen LogP contribution in [0, 0.1) is 0 Å². The van der Waals surface area contributed by atoms with Crippen LogP contribution in [0.2, 0.25) is 0 Å². The van der Waals surface area contributed by atoms with Gasteiger partial charge in [-0.15, -0.1) is 0 Å². The van der Waals surface area contributed by atoms with E-state index in [4.69, 9.17) is 9.47 Å². The lowest BCUT2D eigenvalue weighted by Gasteiger charge is -2.10. The molecule has 0 radical (unpaired) electrons. The first-order valence-electron chi connectivity index (χ1n) is 8.29. The third kappa shape index (κ3) is 4.49. The number of hydrazone groups is 1. The Hall–Kier alpha value is -3.67. The Morgan fingerprint density at radius 2 is 1.41 bits per heavy atom. The minimum absolute atomic E-state index is 0.296. The highest BCUT2D eigenvalue weighted by Gasteiger charge is 2.11. The molecule has 0 aliphatic heterocycles. The molecule has 136 valence electrons. The molecule has 0 unspecified atom stereocenters. The molecular formula is C21H19N3O3. The maximum absolute atomic E-state index is 12.3. The lowest BCUT2D eigenvalue weighted by atomic mass is 10.0. The Morgan fingerprint density at radius 3 is 1.85 bits per heavy atom. The number of amides is 1. The second kappa shape index (κ2) is 8.62. The van der Waals surface area contributed by atoms with Crippen LogP contribution in [0.25, 0.3) is 0 Å². The Kier molecular flexibility index (Phi) is 5.79. The Bertz CT molecular complexity index is 872. The molecule has 6 heteroatoms. The maximum atomic E-state index is 12.3. The second-order valence-corrected chi connectivity index (χ2v) is 5.57. The average Bonchev–Trinajstić information content (AvgIpc) is 2.75. The Labute approximate surface area is 157 Å². The van der Waals surface area contributed by atoms with Crippen molar-refractivity contribution < 1.29 is 14.3 Å². The number of hydrogen-bond acceptors (Lipinski definition) is 5. The van der Waals surface area contributed by atoms with Gasteiger partial charge in [0.1, 0.15) is 17.2 Å². The van der Waals surface area contributed by atoms with Crippen molar-refractivity contribution >= 4 is 11.6 Å². The fraction of sp³-hybridized carbons (Fsp3) is 0.0952. The smallest absolute Gasteiger partial charge is 0.289 e. The summed E-state index contributed by atoms with van der Waals surface area (Å²) in [6.07, 6.45) is 1.56. The van der Waals surface area contributed by atoms with Crippen LogP contribution in [0.15, 0.2) is 78.0 Å². The Balaban J connectivity index is 1.93. The molecule has 2 aromatic carbocycles. The van der Waals surface area contributed by atoms with Crippen LogP contribution in [0.5, 0.6) is 11.5 Å². The van der Waals surface area contributed by atoms with Crippen molar-refractivity contribution in [3.8, 4) is 11.5 Å². The van der Waals surface area contributed by atoms with E-state index in [0.717, 1.165) is 22.6 Å². The molecule has 6 nitrogen and oxygen atoms in total. The van der Waals surface area contributed by atoms with E-state index in [2.05, 4.69) is 15.5 Å². The van der Waals surface area contributed by atoms with Gasteiger partial charge in [-0.05, 0) is 60.7 Å². The molecule has 0 bridgehead atoms. The molecule has 0 saturated carbocycles. The lowest BCUT2D eigenvalue weighted by molar-refractivity contribution is 0.0950. The third-order valence-corrected chi connectivity index (χ3v) is 3.89. The number of ether oxygens (including phenoxy) is 2. The van der Waals surface area contributed by atoms with Crippen molar-refractivity contribution in [1.82, 2.24) is 10.4 Å². The van der Waals surface area contributed by atoms with Gasteiger partial charge in [0.15, 0.2) is 0 Å². The molecule has 27 heavy (non-hydrogen) atoms. The zero-order valence-electron chi connectivity index (χ0n) is 15.0. The van der Waals surface area contributed by atoms with Crippen molar-refractivity contribution in [3.05, 3.63) is 89.7 Å². The van der Waals surface area contributed by atoms with E-state index in [0.29, 0.717) is 11.4 Å². The number of nitrogens with one attached hydrogen (secondary N) is 1. The van der Waals surface area contributed by atoms with Crippen LogP contribution in [0.1, 0.15) is 21.6 Å². The van der Waals surface area contributed by atoms with Crippen molar-refractivity contribution in [2.24, 2.45) is 5.10 Å². The fourth-order valence-corrected chi connectivity index (χ4v) is 2.45. The molecule has 3 aromatic rings. The van der Waals surface area contributed by atoms with Gasteiger partial charge in [0.25, 0.3) is 5.91 Å². The number of aromatic nitrogens is 1. The van der Waals surface area contributed by atoms with E-state index in [-0.39, 0.29) is 5.91 Å². The molecule has 0 spiro atoms. The highest BCUT2D eigenvalue weighted by Crippen LogP contribution is 2.18. The normalized spacial score (nSPS) is 10.0. The highest BCUT2D eigenvalue weighted by molar-refractivity contribution is 6.13. The molecule has 0 fully saturated rings. The van der Waals surface area contributed by atoms with E-state index >= 15 is 0 Å². The molecule has 0 aliphatic rings. The molecule has 0 atom stereocenters. The van der Waals surface area contributed by atoms with Crippen LogP contribution < -0.4 is 14.9 Å². The fourth-order valence-electron chi connectivity index (χ4n) is 2.45. The van der Waals surface area contributed by atoms with Crippen molar-refractivity contribution in [1.29, 1.82) is 0 Å². The van der Waals surface area contributed by atoms with Crippen LogP contribution in [0.4, 0.5) is 0 Å². The van der Waals surface area contributed by atoms with Gasteiger partial charge in [0.2, 0.25) is 0 Å². The van der Waals surface area contributed by atoms with Crippen molar-refractivity contribution in [2.75, 3.05) is 14.2 Å². The first-order chi connectivity index (χ1) is 13.2. The van der Waals surface area contributed by atoms with Crippen LogP contribution in [0.3, 0.4) is 0 Å². The van der Waals surface area contributed by atoms with Crippen LogP contribution in [-0.2, 0) is 0 Å². The minimum Gasteiger partial charge on any atom is -0.497 e. The summed E-state index contributed by atoms with van der Waals surface area (Å²) in [4.78, 5) is 16.3. The van der Waals surface area contributed by atoms with Gasteiger partial charge >= 0.3 is 0 Å². The minimum atomic E-state index is -0.380. The number of nitrogens with zero attached hydrogens (tertiary/aromatic N) is 2. The van der Waals surface area contributed by atoms with E-state index < -0.39 is 0 Å². The highest BCUT2D eigenvalue weighted by atomic mass is 16.5. The third-order valence-electron chi connectivity index (χ3n) is 3.89. The lowest BCUT2D eigenvalue weighted by Crippen LogP contribution is -2.21. The standard InChI is InChI=1S/C21H19N3O3/c1-26-17-10-6-15(7-11-17)20(16-8-12-18(27-2)13-9-16)23-24-21(25)19-5-3-4-14-22-19/h3-14H,1-2H3,(H,24,25). The van der Waals surface area contributed by atoms with E-state index in [1.165, 1.54) is 0 Å². The Morgan fingerprint density at radius 1 is 0.852 bits per heavy atom. The number of carbonyl (C=O) groups is 1. The molecule has 1 N–H and O–H groups in total. The maximum Gasteiger partial charge on any atom is 0.289 e. The van der Waals surface area contributed by atoms with Crippen LogP contribution >= 0.6 is 0 Å². The predicted molar refractivity (Wildman–Crippen MR) is 103 cm³/mol. The number of hydrogen-bond donors (Lipinski definition) is 1. The predicted octanol–water partition coefficient (Wildman–Crippen LogP) is 3.28. The van der Waals surface area contributed by atoms with Gasteiger partial charge in [-0.1, -0.05) is 6.07 Å². The molecule has 3 rings (SSSR count). The number of carbonyl (C=O) groups excluding carboxylic acids is 1. The summed E-state index contributed by atoms with van der Waals surface area (Å²) in [6, 6.07) is 20.0. The van der Waals surface area contributed by atoms with Gasteiger partial charge in [0.05, 0.1) is 19.9 Å². The van der Waals surface area contributed by atoms with Gasteiger partial charge in [-0.3, -0.25) is 9.78 Å². The monoisotopic (exact) mass is 361 g/mol.